The van der Waals surface area contributed by atoms with E-state index in [1.165, 1.54) is 11.1 Å². The topological polar surface area (TPSA) is 24.4 Å². The zero-order valence-corrected chi connectivity index (χ0v) is 6.70. The predicted octanol–water partition coefficient (Wildman–Crippen LogP) is 1.85. The second-order valence-electron chi connectivity index (χ2n) is 2.73. The molecule has 1 aromatic rings. The molecule has 0 saturated heterocycles. The fraction of sp³-hybridized carbons (Fsp3) is 0.100. The minimum atomic E-state index is 0.159. The maximum atomic E-state index is 4.02. The van der Waals surface area contributed by atoms with Gasteiger partial charge in [0.2, 0.25) is 0 Å². The third-order valence-corrected chi connectivity index (χ3v) is 1.98. The molecular weight excluding hydrogens is 148 g/mol. The zero-order valence-electron chi connectivity index (χ0n) is 6.70. The number of hydrogen-bond donors (Lipinski definition) is 1. The summed E-state index contributed by atoms with van der Waals surface area (Å²) in [5.74, 6) is 0. The maximum absolute atomic E-state index is 4.02. The van der Waals surface area contributed by atoms with E-state index >= 15 is 0 Å². The molecule has 1 aliphatic heterocycles. The number of hydrogen-bond acceptors (Lipinski definition) is 2. The molecule has 0 aliphatic carbocycles. The Bertz CT molecular complexity index is 328. The van der Waals surface area contributed by atoms with Gasteiger partial charge in [0, 0.05) is 5.56 Å². The van der Waals surface area contributed by atoms with Crippen molar-refractivity contribution in [3.8, 4) is 0 Å². The molecule has 0 aromatic heterocycles. The highest BCUT2D eigenvalue weighted by atomic mass is 15.3. The summed E-state index contributed by atoms with van der Waals surface area (Å²) in [4.78, 5) is 0. The van der Waals surface area contributed by atoms with Crippen LogP contribution in [0.25, 0.3) is 0 Å². The molecule has 0 amide bonds. The van der Waals surface area contributed by atoms with Crippen LogP contribution in [0.1, 0.15) is 17.2 Å². The summed E-state index contributed by atoms with van der Waals surface area (Å²) < 4.78 is 0. The number of hydrazone groups is 1. The lowest BCUT2D eigenvalue weighted by molar-refractivity contribution is 0.651. The highest BCUT2D eigenvalue weighted by Crippen LogP contribution is 2.19. The minimum absolute atomic E-state index is 0.159. The summed E-state index contributed by atoms with van der Waals surface area (Å²) in [5, 5.41) is 4.02. The molecular formula is C10H10N2. The van der Waals surface area contributed by atoms with Crippen molar-refractivity contribution in [2.45, 2.75) is 6.04 Å². The summed E-state index contributed by atoms with van der Waals surface area (Å²) in [6.45, 7) is 3.75. The standard InChI is InChI=1S/C10H10N2/c1-2-10-9-6-4-3-5-8(9)7-11-12-10/h2-7,10,12H,1H2/t10-/m1/s1. The Morgan fingerprint density at radius 2 is 2.25 bits per heavy atom. The lowest BCUT2D eigenvalue weighted by Gasteiger charge is -2.18. The van der Waals surface area contributed by atoms with E-state index in [0.717, 1.165) is 0 Å². The molecule has 0 unspecified atom stereocenters. The summed E-state index contributed by atoms with van der Waals surface area (Å²) in [5.41, 5.74) is 5.38. The van der Waals surface area contributed by atoms with Gasteiger partial charge in [0.25, 0.3) is 0 Å². The van der Waals surface area contributed by atoms with Crippen LogP contribution in [-0.2, 0) is 0 Å². The first-order valence-electron chi connectivity index (χ1n) is 3.92. The Kier molecular flexibility index (Phi) is 1.67. The molecule has 2 rings (SSSR count). The van der Waals surface area contributed by atoms with Crippen LogP contribution >= 0.6 is 0 Å². The number of fused-ring (bicyclic) bond motifs is 1. The molecule has 0 spiro atoms. The van der Waals surface area contributed by atoms with Crippen LogP contribution in [0.5, 0.6) is 0 Å². The van der Waals surface area contributed by atoms with Gasteiger partial charge in [-0.05, 0) is 5.56 Å². The van der Waals surface area contributed by atoms with E-state index in [4.69, 9.17) is 0 Å². The summed E-state index contributed by atoms with van der Waals surface area (Å²) in [6.07, 6.45) is 3.69. The Labute approximate surface area is 71.6 Å². The molecule has 1 N–H and O–H groups in total. The Morgan fingerprint density at radius 3 is 3.08 bits per heavy atom. The average molecular weight is 158 g/mol. The lowest BCUT2D eigenvalue weighted by Crippen LogP contribution is -2.19. The van der Waals surface area contributed by atoms with Crippen molar-refractivity contribution in [2.24, 2.45) is 5.10 Å². The van der Waals surface area contributed by atoms with Crippen LogP contribution in [0.2, 0.25) is 0 Å². The third-order valence-electron chi connectivity index (χ3n) is 1.98. The third kappa shape index (κ3) is 1.01. The molecule has 1 aromatic carbocycles. The second kappa shape index (κ2) is 2.81. The molecule has 60 valence electrons. The fourth-order valence-corrected chi connectivity index (χ4v) is 1.35. The van der Waals surface area contributed by atoms with E-state index in [1.807, 2.05) is 24.4 Å². The van der Waals surface area contributed by atoms with Gasteiger partial charge >= 0.3 is 0 Å². The van der Waals surface area contributed by atoms with Crippen LogP contribution in [-0.4, -0.2) is 6.21 Å². The molecule has 2 nitrogen and oxygen atoms in total. The molecule has 1 aliphatic rings. The molecule has 0 saturated carbocycles. The number of nitrogens with one attached hydrogen (secondary N) is 1. The highest BCUT2D eigenvalue weighted by Gasteiger charge is 2.12. The Balaban J connectivity index is 2.52. The van der Waals surface area contributed by atoms with E-state index in [9.17, 15) is 0 Å². The number of benzene rings is 1. The first kappa shape index (κ1) is 7.10. The quantitative estimate of drug-likeness (QED) is 0.620. The van der Waals surface area contributed by atoms with Crippen molar-refractivity contribution in [3.63, 3.8) is 0 Å². The summed E-state index contributed by atoms with van der Waals surface area (Å²) in [7, 11) is 0. The van der Waals surface area contributed by atoms with Crippen molar-refractivity contribution in [2.75, 3.05) is 0 Å². The monoisotopic (exact) mass is 158 g/mol. The van der Waals surface area contributed by atoms with Gasteiger partial charge in [0.05, 0.1) is 12.3 Å². The van der Waals surface area contributed by atoms with Gasteiger partial charge in [-0.3, -0.25) is 5.43 Å². The summed E-state index contributed by atoms with van der Waals surface area (Å²) in [6, 6.07) is 8.33. The molecule has 12 heavy (non-hydrogen) atoms. The largest absolute Gasteiger partial charge is 0.299 e. The first-order chi connectivity index (χ1) is 5.92. The van der Waals surface area contributed by atoms with Crippen molar-refractivity contribution in [1.82, 2.24) is 5.43 Å². The van der Waals surface area contributed by atoms with E-state index in [2.05, 4.69) is 29.2 Å². The van der Waals surface area contributed by atoms with Crippen molar-refractivity contribution >= 4 is 6.21 Å². The summed E-state index contributed by atoms with van der Waals surface area (Å²) >= 11 is 0. The SMILES string of the molecule is C=C[C@H]1NN=Cc2ccccc21. The van der Waals surface area contributed by atoms with Gasteiger partial charge in [0.15, 0.2) is 0 Å². The highest BCUT2D eigenvalue weighted by molar-refractivity contribution is 5.82. The Hall–Kier alpha value is -1.57. The van der Waals surface area contributed by atoms with Gasteiger partial charge < -0.3 is 0 Å². The van der Waals surface area contributed by atoms with Crippen molar-refractivity contribution in [3.05, 3.63) is 48.0 Å². The molecule has 0 radical (unpaired) electrons. The minimum Gasteiger partial charge on any atom is -0.299 e. The molecule has 0 bridgehead atoms. The van der Waals surface area contributed by atoms with Gasteiger partial charge in [0.1, 0.15) is 0 Å². The maximum Gasteiger partial charge on any atom is 0.0874 e. The fourth-order valence-electron chi connectivity index (χ4n) is 1.35. The average Bonchev–Trinajstić information content (AvgIpc) is 2.17. The van der Waals surface area contributed by atoms with E-state index in [0.29, 0.717) is 0 Å². The van der Waals surface area contributed by atoms with Crippen molar-refractivity contribution < 1.29 is 0 Å². The zero-order chi connectivity index (χ0) is 8.39. The molecule has 1 atom stereocenters. The molecule has 1 heterocycles. The number of nitrogens with zero attached hydrogens (tertiary/aromatic N) is 1. The van der Waals surface area contributed by atoms with Gasteiger partial charge in [-0.1, -0.05) is 30.3 Å². The lowest BCUT2D eigenvalue weighted by atomic mass is 10.0. The first-order valence-corrected chi connectivity index (χ1v) is 3.92. The van der Waals surface area contributed by atoms with Gasteiger partial charge in [-0.15, -0.1) is 6.58 Å². The van der Waals surface area contributed by atoms with Gasteiger partial charge in [-0.25, -0.2) is 0 Å². The number of rotatable bonds is 1. The molecule has 2 heteroatoms. The van der Waals surface area contributed by atoms with E-state index in [1.54, 1.807) is 0 Å². The van der Waals surface area contributed by atoms with Crippen molar-refractivity contribution in [1.29, 1.82) is 0 Å². The Morgan fingerprint density at radius 1 is 1.42 bits per heavy atom. The van der Waals surface area contributed by atoms with E-state index < -0.39 is 0 Å². The molecule has 0 fully saturated rings. The van der Waals surface area contributed by atoms with E-state index in [-0.39, 0.29) is 6.04 Å². The van der Waals surface area contributed by atoms with Crippen LogP contribution in [0.15, 0.2) is 42.0 Å². The van der Waals surface area contributed by atoms with Crippen LogP contribution < -0.4 is 5.43 Å². The van der Waals surface area contributed by atoms with Crippen LogP contribution in [0.4, 0.5) is 0 Å². The normalized spacial score (nSPS) is 19.5. The second-order valence-corrected chi connectivity index (χ2v) is 2.73. The van der Waals surface area contributed by atoms with Crippen LogP contribution in [0, 0.1) is 0 Å². The van der Waals surface area contributed by atoms with Crippen LogP contribution in [0.3, 0.4) is 0 Å². The smallest absolute Gasteiger partial charge is 0.0874 e. The predicted molar refractivity (Wildman–Crippen MR) is 50.1 cm³/mol. The van der Waals surface area contributed by atoms with Gasteiger partial charge in [-0.2, -0.15) is 5.10 Å².